The van der Waals surface area contributed by atoms with Crippen molar-refractivity contribution < 1.29 is 9.53 Å². The van der Waals surface area contributed by atoms with Gasteiger partial charge >= 0.3 is 0 Å². The first-order valence-corrected chi connectivity index (χ1v) is 8.20. The molecule has 2 aromatic rings. The van der Waals surface area contributed by atoms with Gasteiger partial charge < -0.3 is 15.0 Å². The van der Waals surface area contributed by atoms with Gasteiger partial charge in [-0.25, -0.2) is 0 Å². The highest BCUT2D eigenvalue weighted by molar-refractivity contribution is 5.81. The van der Waals surface area contributed by atoms with Crippen molar-refractivity contribution >= 4 is 11.6 Å². The van der Waals surface area contributed by atoms with Crippen LogP contribution in [0.2, 0.25) is 0 Å². The Hall–Kier alpha value is -2.93. The van der Waals surface area contributed by atoms with E-state index in [1.807, 2.05) is 68.3 Å². The van der Waals surface area contributed by atoms with E-state index >= 15 is 0 Å². The highest BCUT2D eigenvalue weighted by atomic mass is 16.5. The summed E-state index contributed by atoms with van der Waals surface area (Å²) in [7, 11) is 1.89. The summed E-state index contributed by atoms with van der Waals surface area (Å²) in [5, 5.41) is 2.95. The highest BCUT2D eigenvalue weighted by Crippen LogP contribution is 2.23. The third-order valence-corrected chi connectivity index (χ3v) is 3.90. The Morgan fingerprint density at radius 2 is 1.92 bits per heavy atom. The van der Waals surface area contributed by atoms with Gasteiger partial charge in [0.2, 0.25) is 5.91 Å². The molecule has 0 bridgehead atoms. The number of hydrogen-bond donors (Lipinski definition) is 1. The minimum Gasteiger partial charge on any atom is -0.481 e. The molecule has 130 valence electrons. The Bertz CT molecular complexity index is 760. The first kappa shape index (κ1) is 18.4. The molecule has 0 saturated heterocycles. The molecule has 0 atom stereocenters. The average molecular weight is 336 g/mol. The number of amides is 1. The van der Waals surface area contributed by atoms with Gasteiger partial charge in [-0.05, 0) is 43.2 Å². The molecule has 0 unspecified atom stereocenters. The van der Waals surface area contributed by atoms with Crippen molar-refractivity contribution in [2.24, 2.45) is 0 Å². The summed E-state index contributed by atoms with van der Waals surface area (Å²) in [6.45, 7) is 5.07. The number of anilines is 1. The maximum atomic E-state index is 12.2. The van der Waals surface area contributed by atoms with Gasteiger partial charge in [0.15, 0.2) is 0 Å². The molecule has 2 rings (SSSR count). The van der Waals surface area contributed by atoms with Crippen molar-refractivity contribution in [1.29, 1.82) is 0 Å². The van der Waals surface area contributed by atoms with E-state index < -0.39 is 0 Å². The maximum Gasteiger partial charge on any atom is 0.239 e. The molecule has 0 spiro atoms. The third-order valence-electron chi connectivity index (χ3n) is 3.90. The van der Waals surface area contributed by atoms with E-state index in [-0.39, 0.29) is 19.1 Å². The zero-order valence-corrected chi connectivity index (χ0v) is 15.0. The van der Waals surface area contributed by atoms with Crippen LogP contribution in [0.25, 0.3) is 0 Å². The van der Waals surface area contributed by atoms with Gasteiger partial charge in [0.25, 0.3) is 0 Å². The predicted octanol–water partition coefficient (Wildman–Crippen LogP) is 3.07. The van der Waals surface area contributed by atoms with E-state index in [2.05, 4.69) is 11.2 Å². The molecule has 4 nitrogen and oxygen atoms in total. The summed E-state index contributed by atoms with van der Waals surface area (Å²) in [6, 6.07) is 13.9. The Morgan fingerprint density at radius 1 is 1.20 bits per heavy atom. The van der Waals surface area contributed by atoms with Crippen LogP contribution in [0.1, 0.15) is 16.7 Å². The van der Waals surface area contributed by atoms with Crippen LogP contribution in [-0.2, 0) is 11.3 Å². The molecule has 0 radical (unpaired) electrons. The zero-order chi connectivity index (χ0) is 18.2. The molecule has 1 amide bonds. The summed E-state index contributed by atoms with van der Waals surface area (Å²) >= 11 is 0. The Morgan fingerprint density at radius 3 is 2.56 bits per heavy atom. The number of nitrogens with zero attached hydrogens (tertiary/aromatic N) is 1. The van der Waals surface area contributed by atoms with Gasteiger partial charge in [-0.1, -0.05) is 35.7 Å². The van der Waals surface area contributed by atoms with Gasteiger partial charge in [0, 0.05) is 19.3 Å². The molecule has 0 aromatic heterocycles. The van der Waals surface area contributed by atoms with Crippen molar-refractivity contribution in [1.82, 2.24) is 5.32 Å². The first-order valence-electron chi connectivity index (χ1n) is 8.20. The Balaban J connectivity index is 1.89. The number of carbonyl (C=O) groups excluding carboxylic acids is 1. The van der Waals surface area contributed by atoms with Crippen molar-refractivity contribution in [2.45, 2.75) is 20.4 Å². The van der Waals surface area contributed by atoms with E-state index in [9.17, 15) is 4.79 Å². The van der Waals surface area contributed by atoms with Crippen LogP contribution in [0.5, 0.6) is 5.75 Å². The molecule has 0 aliphatic heterocycles. The van der Waals surface area contributed by atoms with Gasteiger partial charge in [0.05, 0.1) is 6.54 Å². The molecule has 2 aromatic carbocycles. The topological polar surface area (TPSA) is 41.6 Å². The molecular formula is C21H24N2O2. The van der Waals surface area contributed by atoms with E-state index in [0.29, 0.717) is 6.54 Å². The van der Waals surface area contributed by atoms with Crippen LogP contribution in [0.15, 0.2) is 42.5 Å². The lowest BCUT2D eigenvalue weighted by molar-refractivity contribution is -0.119. The lowest BCUT2D eigenvalue weighted by Crippen LogP contribution is -2.34. The molecule has 25 heavy (non-hydrogen) atoms. The van der Waals surface area contributed by atoms with E-state index in [1.54, 1.807) is 0 Å². The number of hydrogen-bond acceptors (Lipinski definition) is 3. The van der Waals surface area contributed by atoms with E-state index in [4.69, 9.17) is 11.2 Å². The molecular weight excluding hydrogens is 312 g/mol. The summed E-state index contributed by atoms with van der Waals surface area (Å²) in [6.07, 6.45) is 5.21. The minimum atomic E-state index is -0.0200. The number of likely N-dealkylation sites (N-methyl/N-ethyl adjacent to an activating group) is 1. The van der Waals surface area contributed by atoms with Crippen molar-refractivity contribution in [2.75, 3.05) is 25.1 Å². The molecule has 0 aliphatic carbocycles. The number of nitrogens with one attached hydrogen (secondary N) is 1. The molecule has 0 fully saturated rings. The molecule has 1 N–H and O–H groups in total. The number of rotatable bonds is 7. The zero-order valence-electron chi connectivity index (χ0n) is 15.0. The lowest BCUT2D eigenvalue weighted by Gasteiger charge is -2.20. The van der Waals surface area contributed by atoms with Crippen LogP contribution < -0.4 is 15.0 Å². The number of carbonyl (C=O) groups is 1. The van der Waals surface area contributed by atoms with Gasteiger partial charge in [-0.2, -0.15) is 0 Å². The summed E-state index contributed by atoms with van der Waals surface area (Å²) in [5.74, 6) is 3.19. The minimum absolute atomic E-state index is 0.0200. The normalized spacial score (nSPS) is 10.0. The summed E-state index contributed by atoms with van der Waals surface area (Å²) in [5.41, 5.74) is 4.24. The summed E-state index contributed by atoms with van der Waals surface area (Å²) < 4.78 is 5.46. The standard InChI is InChI=1S/C21H24N2O2/c1-5-12-25-20-11-10-19(13-17(20)3)23(4)15-21(24)22-14-18-8-6-16(2)7-9-18/h1,6-11,13H,12,14-15H2,2-4H3,(H,22,24). The molecule has 0 aliphatic rings. The van der Waals surface area contributed by atoms with Gasteiger partial charge in [0.1, 0.15) is 12.4 Å². The van der Waals surface area contributed by atoms with Crippen LogP contribution in [-0.4, -0.2) is 26.1 Å². The molecule has 0 saturated carbocycles. The number of ether oxygens (including phenoxy) is 1. The quantitative estimate of drug-likeness (QED) is 0.790. The van der Waals surface area contributed by atoms with Gasteiger partial charge in [-0.15, -0.1) is 6.42 Å². The smallest absolute Gasteiger partial charge is 0.239 e. The second-order valence-electron chi connectivity index (χ2n) is 6.06. The van der Waals surface area contributed by atoms with Crippen molar-refractivity contribution in [3.05, 3.63) is 59.2 Å². The summed E-state index contributed by atoms with van der Waals surface area (Å²) in [4.78, 5) is 14.1. The Labute approximate surface area is 149 Å². The van der Waals surface area contributed by atoms with Crippen LogP contribution >= 0.6 is 0 Å². The average Bonchev–Trinajstić information content (AvgIpc) is 2.60. The van der Waals surface area contributed by atoms with Crippen LogP contribution in [0.3, 0.4) is 0 Å². The fraction of sp³-hybridized carbons (Fsp3) is 0.286. The fourth-order valence-electron chi connectivity index (χ4n) is 2.42. The Kier molecular flexibility index (Phi) is 6.47. The van der Waals surface area contributed by atoms with Crippen LogP contribution in [0, 0.1) is 26.2 Å². The monoisotopic (exact) mass is 336 g/mol. The highest BCUT2D eigenvalue weighted by Gasteiger charge is 2.09. The molecule has 0 heterocycles. The lowest BCUT2D eigenvalue weighted by atomic mass is 10.1. The second kappa shape index (κ2) is 8.79. The second-order valence-corrected chi connectivity index (χ2v) is 6.06. The van der Waals surface area contributed by atoms with Crippen molar-refractivity contribution in [3.63, 3.8) is 0 Å². The van der Waals surface area contributed by atoms with E-state index in [1.165, 1.54) is 5.56 Å². The van der Waals surface area contributed by atoms with Crippen LogP contribution in [0.4, 0.5) is 5.69 Å². The first-order chi connectivity index (χ1) is 12.0. The van der Waals surface area contributed by atoms with Gasteiger partial charge in [-0.3, -0.25) is 4.79 Å². The van der Waals surface area contributed by atoms with E-state index in [0.717, 1.165) is 22.6 Å². The number of benzene rings is 2. The molecule has 4 heteroatoms. The van der Waals surface area contributed by atoms with Crippen molar-refractivity contribution in [3.8, 4) is 18.1 Å². The number of aryl methyl sites for hydroxylation is 2. The fourth-order valence-corrected chi connectivity index (χ4v) is 2.42. The SMILES string of the molecule is C#CCOc1ccc(N(C)CC(=O)NCc2ccc(C)cc2)cc1C. The third kappa shape index (κ3) is 5.58. The predicted molar refractivity (Wildman–Crippen MR) is 102 cm³/mol. The largest absolute Gasteiger partial charge is 0.481 e. The maximum absolute atomic E-state index is 12.2. The number of terminal acetylenes is 1.